The Morgan fingerprint density at radius 3 is 2.50 bits per heavy atom. The van der Waals surface area contributed by atoms with Gasteiger partial charge in [-0.15, -0.1) is 0 Å². The summed E-state index contributed by atoms with van der Waals surface area (Å²) in [6, 6.07) is 17.1. The van der Waals surface area contributed by atoms with Crippen LogP contribution < -0.4 is 0 Å². The number of benzene rings is 2. The third-order valence-corrected chi connectivity index (χ3v) is 3.04. The van der Waals surface area contributed by atoms with Gasteiger partial charge in [0.1, 0.15) is 0 Å². The molecule has 0 saturated heterocycles. The van der Waals surface area contributed by atoms with Gasteiger partial charge in [-0.2, -0.15) is 5.10 Å². The van der Waals surface area contributed by atoms with Crippen LogP contribution in [0.1, 0.15) is 5.56 Å². The normalized spacial score (nSPS) is 11.7. The Hall–Kier alpha value is -2.88. The van der Waals surface area contributed by atoms with Gasteiger partial charge in [0.05, 0.1) is 17.4 Å². The minimum atomic E-state index is -0.997. The Bertz CT molecular complexity index is 788. The molecule has 0 bridgehead atoms. The standard InChI is InChI=1S/C16H12N2O2/c19-16(20)10-15(12-6-2-1-3-7-12)18-14-9-5-4-8-13(14)11-17-18/h1-11H,(H,19,20). The van der Waals surface area contributed by atoms with Crippen molar-refractivity contribution in [2.75, 3.05) is 0 Å². The van der Waals surface area contributed by atoms with E-state index in [-0.39, 0.29) is 0 Å². The van der Waals surface area contributed by atoms with E-state index in [0.717, 1.165) is 16.5 Å². The molecule has 0 aliphatic rings. The van der Waals surface area contributed by atoms with Crippen molar-refractivity contribution in [3.05, 3.63) is 72.4 Å². The number of nitrogens with zero attached hydrogens (tertiary/aromatic N) is 2. The summed E-state index contributed by atoms with van der Waals surface area (Å²) < 4.78 is 1.65. The third kappa shape index (κ3) is 2.19. The first-order valence-corrected chi connectivity index (χ1v) is 6.19. The summed E-state index contributed by atoms with van der Waals surface area (Å²) in [4.78, 5) is 11.1. The molecular weight excluding hydrogens is 252 g/mol. The predicted octanol–water partition coefficient (Wildman–Crippen LogP) is 3.01. The molecule has 0 amide bonds. The van der Waals surface area contributed by atoms with Gasteiger partial charge in [-0.25, -0.2) is 9.48 Å². The van der Waals surface area contributed by atoms with Crippen LogP contribution in [0.4, 0.5) is 0 Å². The average Bonchev–Trinajstić information content (AvgIpc) is 2.89. The molecule has 20 heavy (non-hydrogen) atoms. The molecular formula is C16H12N2O2. The van der Waals surface area contributed by atoms with Gasteiger partial charge in [0.15, 0.2) is 0 Å². The monoisotopic (exact) mass is 264 g/mol. The van der Waals surface area contributed by atoms with Crippen LogP contribution in [0.2, 0.25) is 0 Å². The highest BCUT2D eigenvalue weighted by molar-refractivity contribution is 5.92. The molecule has 3 aromatic rings. The summed E-state index contributed by atoms with van der Waals surface area (Å²) in [5.41, 5.74) is 2.23. The minimum Gasteiger partial charge on any atom is -0.478 e. The van der Waals surface area contributed by atoms with Crippen molar-refractivity contribution in [2.45, 2.75) is 0 Å². The molecule has 0 aliphatic heterocycles. The van der Waals surface area contributed by atoms with Crippen LogP contribution in [0, 0.1) is 0 Å². The Labute approximate surface area is 115 Å². The van der Waals surface area contributed by atoms with E-state index in [2.05, 4.69) is 5.10 Å². The Kier molecular flexibility index (Phi) is 3.05. The topological polar surface area (TPSA) is 55.1 Å². The molecule has 0 fully saturated rings. The molecule has 2 aromatic carbocycles. The van der Waals surface area contributed by atoms with E-state index in [1.807, 2.05) is 54.6 Å². The largest absolute Gasteiger partial charge is 0.478 e. The molecule has 1 N–H and O–H groups in total. The quantitative estimate of drug-likeness (QED) is 0.740. The van der Waals surface area contributed by atoms with Gasteiger partial charge in [0.25, 0.3) is 0 Å². The van der Waals surface area contributed by atoms with Crippen molar-refractivity contribution in [3.63, 3.8) is 0 Å². The zero-order valence-corrected chi connectivity index (χ0v) is 10.6. The van der Waals surface area contributed by atoms with E-state index in [1.165, 1.54) is 6.08 Å². The first-order chi connectivity index (χ1) is 9.75. The number of para-hydroxylation sites is 1. The summed E-state index contributed by atoms with van der Waals surface area (Å²) in [5, 5.41) is 14.4. The Morgan fingerprint density at radius 1 is 1.05 bits per heavy atom. The zero-order valence-electron chi connectivity index (χ0n) is 10.6. The molecule has 4 heteroatoms. The second-order valence-corrected chi connectivity index (χ2v) is 4.35. The lowest BCUT2D eigenvalue weighted by atomic mass is 10.1. The molecule has 0 saturated carbocycles. The van der Waals surface area contributed by atoms with Gasteiger partial charge in [-0.05, 0) is 6.07 Å². The number of hydrogen-bond acceptors (Lipinski definition) is 2. The van der Waals surface area contributed by atoms with E-state index >= 15 is 0 Å². The SMILES string of the molecule is O=C(O)C=C(c1ccccc1)n1ncc2ccccc21. The molecule has 0 atom stereocenters. The molecule has 3 rings (SSSR count). The summed E-state index contributed by atoms with van der Waals surface area (Å²) in [5.74, 6) is -0.997. The molecule has 0 aliphatic carbocycles. The number of aromatic nitrogens is 2. The first-order valence-electron chi connectivity index (χ1n) is 6.19. The van der Waals surface area contributed by atoms with Gasteiger partial charge in [0.2, 0.25) is 0 Å². The number of rotatable bonds is 3. The lowest BCUT2D eigenvalue weighted by molar-refractivity contribution is -0.131. The van der Waals surface area contributed by atoms with E-state index in [0.29, 0.717) is 5.70 Å². The second-order valence-electron chi connectivity index (χ2n) is 4.35. The van der Waals surface area contributed by atoms with Gasteiger partial charge in [-0.1, -0.05) is 48.5 Å². The van der Waals surface area contributed by atoms with E-state index in [1.54, 1.807) is 10.9 Å². The van der Waals surface area contributed by atoms with Gasteiger partial charge in [0, 0.05) is 17.0 Å². The van der Waals surface area contributed by atoms with Crippen molar-refractivity contribution in [1.82, 2.24) is 9.78 Å². The van der Waals surface area contributed by atoms with E-state index < -0.39 is 5.97 Å². The molecule has 1 heterocycles. The molecule has 98 valence electrons. The lowest BCUT2D eigenvalue weighted by Crippen LogP contribution is -2.03. The third-order valence-electron chi connectivity index (χ3n) is 3.04. The van der Waals surface area contributed by atoms with Crippen molar-refractivity contribution < 1.29 is 9.90 Å². The van der Waals surface area contributed by atoms with Crippen LogP contribution in [-0.2, 0) is 4.79 Å². The van der Waals surface area contributed by atoms with E-state index in [4.69, 9.17) is 5.11 Å². The first kappa shape index (κ1) is 12.2. The molecule has 0 unspecified atom stereocenters. The van der Waals surface area contributed by atoms with Crippen LogP contribution in [0.3, 0.4) is 0 Å². The highest BCUT2D eigenvalue weighted by Gasteiger charge is 2.10. The number of carboxylic acids is 1. The number of aliphatic carboxylic acids is 1. The molecule has 4 nitrogen and oxygen atoms in total. The lowest BCUT2D eigenvalue weighted by Gasteiger charge is -2.08. The maximum absolute atomic E-state index is 11.1. The van der Waals surface area contributed by atoms with Crippen molar-refractivity contribution in [2.24, 2.45) is 0 Å². The Morgan fingerprint density at radius 2 is 1.75 bits per heavy atom. The maximum atomic E-state index is 11.1. The van der Waals surface area contributed by atoms with Crippen LogP contribution >= 0.6 is 0 Å². The fourth-order valence-corrected chi connectivity index (χ4v) is 2.16. The maximum Gasteiger partial charge on any atom is 0.330 e. The average molecular weight is 264 g/mol. The van der Waals surface area contributed by atoms with Gasteiger partial charge >= 0.3 is 5.97 Å². The molecule has 0 radical (unpaired) electrons. The summed E-state index contributed by atoms with van der Waals surface area (Å²) in [7, 11) is 0. The number of carbonyl (C=O) groups is 1. The highest BCUT2D eigenvalue weighted by Crippen LogP contribution is 2.22. The van der Waals surface area contributed by atoms with Crippen LogP contribution in [0.5, 0.6) is 0 Å². The highest BCUT2D eigenvalue weighted by atomic mass is 16.4. The summed E-state index contributed by atoms with van der Waals surface area (Å²) in [6.45, 7) is 0. The van der Waals surface area contributed by atoms with Crippen LogP contribution in [0.25, 0.3) is 16.6 Å². The van der Waals surface area contributed by atoms with E-state index in [9.17, 15) is 4.79 Å². The van der Waals surface area contributed by atoms with Crippen molar-refractivity contribution >= 4 is 22.6 Å². The molecule has 1 aromatic heterocycles. The number of hydrogen-bond donors (Lipinski definition) is 1. The molecule has 0 spiro atoms. The minimum absolute atomic E-state index is 0.541. The van der Waals surface area contributed by atoms with Crippen molar-refractivity contribution in [3.8, 4) is 0 Å². The fourth-order valence-electron chi connectivity index (χ4n) is 2.16. The fraction of sp³-hybridized carbons (Fsp3) is 0. The second kappa shape index (κ2) is 5.01. The van der Waals surface area contributed by atoms with Gasteiger partial charge in [-0.3, -0.25) is 0 Å². The summed E-state index contributed by atoms with van der Waals surface area (Å²) in [6.07, 6.45) is 2.91. The zero-order chi connectivity index (χ0) is 13.9. The van der Waals surface area contributed by atoms with Gasteiger partial charge < -0.3 is 5.11 Å². The van der Waals surface area contributed by atoms with Crippen LogP contribution in [0.15, 0.2) is 66.9 Å². The predicted molar refractivity (Wildman–Crippen MR) is 77.2 cm³/mol. The van der Waals surface area contributed by atoms with Crippen molar-refractivity contribution in [1.29, 1.82) is 0 Å². The smallest absolute Gasteiger partial charge is 0.330 e. The van der Waals surface area contributed by atoms with Crippen LogP contribution in [-0.4, -0.2) is 20.9 Å². The summed E-state index contributed by atoms with van der Waals surface area (Å²) >= 11 is 0. The number of carboxylic acid groups (broad SMARTS) is 1. The Balaban J connectivity index is 2.23. The number of fused-ring (bicyclic) bond motifs is 1.